The first-order chi connectivity index (χ1) is 15.4. The van der Waals surface area contributed by atoms with Crippen LogP contribution in [0.4, 0.5) is 26.3 Å². The SMILES string of the molecule is O=S(=O)(c1cccc(C(F)(F)F)c1)n1ccc2ccc(-c3cc(F)cc(OC(F)F)c3)cc21. The number of alkyl halides is 5. The van der Waals surface area contributed by atoms with Crippen LogP contribution in [0, 0.1) is 5.82 Å². The van der Waals surface area contributed by atoms with Gasteiger partial charge in [0.15, 0.2) is 0 Å². The summed E-state index contributed by atoms with van der Waals surface area (Å²) in [7, 11) is -4.42. The van der Waals surface area contributed by atoms with Gasteiger partial charge in [-0.05, 0) is 53.6 Å². The molecule has 0 saturated carbocycles. The first-order valence-corrected chi connectivity index (χ1v) is 10.7. The molecule has 11 heteroatoms. The normalized spacial score (nSPS) is 12.5. The Morgan fingerprint density at radius 3 is 2.33 bits per heavy atom. The van der Waals surface area contributed by atoms with E-state index in [1.54, 1.807) is 0 Å². The van der Waals surface area contributed by atoms with E-state index in [0.717, 1.165) is 40.4 Å². The smallest absolute Gasteiger partial charge is 0.416 e. The number of hydrogen-bond acceptors (Lipinski definition) is 3. The summed E-state index contributed by atoms with van der Waals surface area (Å²) in [5, 5.41) is 0.440. The molecule has 0 radical (unpaired) electrons. The molecule has 4 rings (SSSR count). The molecule has 172 valence electrons. The molecule has 3 aromatic carbocycles. The van der Waals surface area contributed by atoms with E-state index in [9.17, 15) is 34.8 Å². The summed E-state index contributed by atoms with van der Waals surface area (Å²) in [5.74, 6) is -1.28. The van der Waals surface area contributed by atoms with E-state index in [-0.39, 0.29) is 16.6 Å². The third-order valence-corrected chi connectivity index (χ3v) is 6.49. The number of halogens is 6. The van der Waals surface area contributed by atoms with Crippen molar-refractivity contribution in [2.45, 2.75) is 17.7 Å². The molecule has 0 aliphatic carbocycles. The van der Waals surface area contributed by atoms with Crippen molar-refractivity contribution < 1.29 is 39.5 Å². The summed E-state index contributed by atoms with van der Waals surface area (Å²) in [6.07, 6.45) is -3.55. The monoisotopic (exact) mass is 485 g/mol. The summed E-state index contributed by atoms with van der Waals surface area (Å²) >= 11 is 0. The molecule has 0 unspecified atom stereocenters. The van der Waals surface area contributed by atoms with E-state index < -0.39 is 44.8 Å². The minimum absolute atomic E-state index is 0.102. The third kappa shape index (κ3) is 4.54. The quantitative estimate of drug-likeness (QED) is 0.312. The Morgan fingerprint density at radius 2 is 1.64 bits per heavy atom. The molecule has 4 aromatic rings. The van der Waals surface area contributed by atoms with Gasteiger partial charge in [-0.2, -0.15) is 22.0 Å². The van der Waals surface area contributed by atoms with Gasteiger partial charge >= 0.3 is 12.8 Å². The highest BCUT2D eigenvalue weighted by atomic mass is 32.2. The van der Waals surface area contributed by atoms with E-state index in [0.29, 0.717) is 11.5 Å². The number of ether oxygens (including phenoxy) is 1. The van der Waals surface area contributed by atoms with Crippen LogP contribution < -0.4 is 4.74 Å². The average molecular weight is 485 g/mol. The van der Waals surface area contributed by atoms with Crippen molar-refractivity contribution in [1.82, 2.24) is 3.97 Å². The highest BCUT2D eigenvalue weighted by Crippen LogP contribution is 2.33. The van der Waals surface area contributed by atoms with Crippen molar-refractivity contribution >= 4 is 20.9 Å². The molecular formula is C22H13F6NO3S. The molecule has 0 N–H and O–H groups in total. The molecule has 0 fully saturated rings. The van der Waals surface area contributed by atoms with E-state index in [1.807, 2.05) is 0 Å². The van der Waals surface area contributed by atoms with Crippen molar-refractivity contribution in [3.8, 4) is 16.9 Å². The zero-order valence-electron chi connectivity index (χ0n) is 16.4. The van der Waals surface area contributed by atoms with Crippen LogP contribution in [0.5, 0.6) is 5.75 Å². The van der Waals surface area contributed by atoms with E-state index in [1.165, 1.54) is 30.5 Å². The highest BCUT2D eigenvalue weighted by Gasteiger charge is 2.32. The molecule has 0 atom stereocenters. The molecule has 0 amide bonds. The van der Waals surface area contributed by atoms with Gasteiger partial charge in [-0.1, -0.05) is 18.2 Å². The molecule has 0 aliphatic heterocycles. The van der Waals surface area contributed by atoms with Gasteiger partial charge in [-0.3, -0.25) is 0 Å². The Hall–Kier alpha value is -3.47. The summed E-state index contributed by atoms with van der Waals surface area (Å²) in [4.78, 5) is -0.571. The third-order valence-electron chi connectivity index (χ3n) is 4.81. The predicted molar refractivity (Wildman–Crippen MR) is 108 cm³/mol. The second kappa shape index (κ2) is 8.14. The Kier molecular flexibility index (Phi) is 5.61. The maximum Gasteiger partial charge on any atom is 0.416 e. The van der Waals surface area contributed by atoms with Gasteiger partial charge < -0.3 is 4.74 Å². The molecule has 1 heterocycles. The predicted octanol–water partition coefficient (Wildman–Crippen LogP) is 6.30. The van der Waals surface area contributed by atoms with Crippen molar-refractivity contribution in [2.75, 3.05) is 0 Å². The van der Waals surface area contributed by atoms with E-state index >= 15 is 0 Å². The van der Waals surface area contributed by atoms with Crippen molar-refractivity contribution in [3.63, 3.8) is 0 Å². The summed E-state index contributed by atoms with van der Waals surface area (Å²) < 4.78 is 109. The molecular weight excluding hydrogens is 472 g/mol. The second-order valence-corrected chi connectivity index (χ2v) is 8.78. The second-order valence-electron chi connectivity index (χ2n) is 6.97. The van der Waals surface area contributed by atoms with Crippen LogP contribution in [0.15, 0.2) is 77.8 Å². The van der Waals surface area contributed by atoms with Crippen LogP contribution in [0.2, 0.25) is 0 Å². The van der Waals surface area contributed by atoms with Gasteiger partial charge in [0.05, 0.1) is 16.0 Å². The maximum atomic E-state index is 13.9. The standard InChI is InChI=1S/C22H13F6NO3S/c23-17-8-15(9-18(12-17)32-21(24)25)14-5-4-13-6-7-29(20(13)10-14)33(30,31)19-3-1-2-16(11-19)22(26,27)28/h1-12,21H. The Balaban J connectivity index is 1.82. The van der Waals surface area contributed by atoms with Crippen LogP contribution in [0.3, 0.4) is 0 Å². The van der Waals surface area contributed by atoms with E-state index in [4.69, 9.17) is 0 Å². The lowest BCUT2D eigenvalue weighted by Crippen LogP contribution is -2.13. The molecule has 0 saturated heterocycles. The molecule has 1 aromatic heterocycles. The number of benzene rings is 3. The topological polar surface area (TPSA) is 48.3 Å². The first-order valence-electron chi connectivity index (χ1n) is 9.25. The summed E-state index contributed by atoms with van der Waals surface area (Å²) in [6.45, 7) is -3.17. The van der Waals surface area contributed by atoms with Gasteiger partial charge in [0, 0.05) is 17.6 Å². The minimum Gasteiger partial charge on any atom is -0.435 e. The van der Waals surface area contributed by atoms with Crippen LogP contribution >= 0.6 is 0 Å². The number of nitrogens with zero attached hydrogens (tertiary/aromatic N) is 1. The van der Waals surface area contributed by atoms with Gasteiger partial charge in [0.2, 0.25) is 0 Å². The molecule has 33 heavy (non-hydrogen) atoms. The van der Waals surface area contributed by atoms with Crippen molar-refractivity contribution in [3.05, 3.63) is 84.3 Å². The molecule has 0 spiro atoms. The van der Waals surface area contributed by atoms with Gasteiger partial charge in [0.1, 0.15) is 11.6 Å². The number of aromatic nitrogens is 1. The van der Waals surface area contributed by atoms with Gasteiger partial charge in [-0.15, -0.1) is 0 Å². The molecule has 0 bridgehead atoms. The molecule has 0 aliphatic rings. The Labute approximate surface area is 183 Å². The zero-order chi connectivity index (χ0) is 24.0. The fourth-order valence-electron chi connectivity index (χ4n) is 3.34. The number of hydrogen-bond donors (Lipinski definition) is 0. The highest BCUT2D eigenvalue weighted by molar-refractivity contribution is 7.90. The summed E-state index contributed by atoms with van der Waals surface area (Å²) in [5.41, 5.74) is -0.602. The van der Waals surface area contributed by atoms with Gasteiger partial charge in [-0.25, -0.2) is 16.8 Å². The number of fused-ring (bicyclic) bond motifs is 1. The largest absolute Gasteiger partial charge is 0.435 e. The zero-order valence-corrected chi connectivity index (χ0v) is 17.2. The lowest BCUT2D eigenvalue weighted by atomic mass is 10.0. The van der Waals surface area contributed by atoms with Crippen LogP contribution in [-0.2, 0) is 16.2 Å². The van der Waals surface area contributed by atoms with Gasteiger partial charge in [0.25, 0.3) is 10.0 Å². The van der Waals surface area contributed by atoms with Crippen molar-refractivity contribution in [1.29, 1.82) is 0 Å². The fraction of sp³-hybridized carbons (Fsp3) is 0.0909. The summed E-state index contributed by atoms with van der Waals surface area (Å²) in [6, 6.07) is 12.1. The Morgan fingerprint density at radius 1 is 0.879 bits per heavy atom. The lowest BCUT2D eigenvalue weighted by molar-refractivity contribution is -0.137. The Bertz CT molecular complexity index is 1440. The van der Waals surface area contributed by atoms with E-state index in [2.05, 4.69) is 4.74 Å². The average Bonchev–Trinajstić information content (AvgIpc) is 3.16. The maximum absolute atomic E-state index is 13.9. The first kappa shape index (κ1) is 22.7. The minimum atomic E-state index is -4.73. The van der Waals surface area contributed by atoms with Crippen molar-refractivity contribution in [2.24, 2.45) is 0 Å². The molecule has 4 nitrogen and oxygen atoms in total. The fourth-order valence-corrected chi connectivity index (χ4v) is 4.73. The lowest BCUT2D eigenvalue weighted by Gasteiger charge is -2.12. The van der Waals surface area contributed by atoms with Crippen LogP contribution in [-0.4, -0.2) is 19.0 Å². The van der Waals surface area contributed by atoms with Crippen LogP contribution in [0.25, 0.3) is 22.0 Å². The number of rotatable bonds is 5. The van der Waals surface area contributed by atoms with Crippen LogP contribution in [0.1, 0.15) is 5.56 Å².